The Balaban J connectivity index is 2.45. The van der Waals surface area contributed by atoms with Crippen molar-refractivity contribution in [1.82, 2.24) is 10.2 Å². The molecule has 0 spiro atoms. The van der Waals surface area contributed by atoms with Crippen LogP contribution in [0.15, 0.2) is 0 Å². The van der Waals surface area contributed by atoms with Gasteiger partial charge in [0, 0.05) is 20.2 Å². The van der Waals surface area contributed by atoms with Gasteiger partial charge in [0.15, 0.2) is 0 Å². The summed E-state index contributed by atoms with van der Waals surface area (Å²) in [6.07, 6.45) is 2.29. The van der Waals surface area contributed by atoms with Crippen molar-refractivity contribution in [2.24, 2.45) is 5.92 Å². The lowest BCUT2D eigenvalue weighted by molar-refractivity contribution is 0.124. The first kappa shape index (κ1) is 12.4. The van der Waals surface area contributed by atoms with Crippen LogP contribution in [-0.2, 0) is 4.74 Å². The van der Waals surface area contributed by atoms with Crippen LogP contribution >= 0.6 is 0 Å². The minimum atomic E-state index is -0.454. The standard InChI is InChI=1S/C11H21N3O/c1-14(2)7-6-13-11(8-12,9-15-3)10-4-5-10/h10,13H,4-7,9H2,1-3H3. The molecule has 1 rings (SSSR count). The van der Waals surface area contributed by atoms with E-state index in [9.17, 15) is 5.26 Å². The Morgan fingerprint density at radius 1 is 1.53 bits per heavy atom. The van der Waals surface area contributed by atoms with E-state index in [0.29, 0.717) is 12.5 Å². The topological polar surface area (TPSA) is 48.3 Å². The van der Waals surface area contributed by atoms with E-state index in [1.54, 1.807) is 7.11 Å². The molecule has 0 heterocycles. The van der Waals surface area contributed by atoms with Crippen LogP contribution in [0.5, 0.6) is 0 Å². The summed E-state index contributed by atoms with van der Waals surface area (Å²) in [5, 5.41) is 12.6. The summed E-state index contributed by atoms with van der Waals surface area (Å²) in [5.74, 6) is 0.476. The molecule has 0 aromatic heterocycles. The number of nitriles is 1. The second-order valence-electron chi connectivity index (χ2n) is 4.52. The highest BCUT2D eigenvalue weighted by Crippen LogP contribution is 2.39. The molecule has 1 atom stereocenters. The largest absolute Gasteiger partial charge is 0.382 e. The maximum absolute atomic E-state index is 9.28. The molecule has 4 nitrogen and oxygen atoms in total. The molecule has 1 fully saturated rings. The van der Waals surface area contributed by atoms with Crippen molar-refractivity contribution >= 4 is 0 Å². The lowest BCUT2D eigenvalue weighted by Gasteiger charge is -2.27. The first-order valence-electron chi connectivity index (χ1n) is 5.44. The summed E-state index contributed by atoms with van der Waals surface area (Å²) >= 11 is 0. The van der Waals surface area contributed by atoms with Gasteiger partial charge in [0.25, 0.3) is 0 Å². The van der Waals surface area contributed by atoms with E-state index in [-0.39, 0.29) is 0 Å². The molecule has 1 saturated carbocycles. The minimum absolute atomic E-state index is 0.454. The molecule has 1 aliphatic carbocycles. The zero-order chi connectivity index (χ0) is 11.3. The van der Waals surface area contributed by atoms with Gasteiger partial charge in [-0.15, -0.1) is 0 Å². The second kappa shape index (κ2) is 5.45. The van der Waals surface area contributed by atoms with Crippen LogP contribution in [-0.4, -0.2) is 51.3 Å². The molecule has 86 valence electrons. The SMILES string of the molecule is COCC(C#N)(NCCN(C)C)C1CC1. The van der Waals surface area contributed by atoms with E-state index in [1.807, 2.05) is 14.1 Å². The minimum Gasteiger partial charge on any atom is -0.382 e. The van der Waals surface area contributed by atoms with E-state index in [4.69, 9.17) is 4.74 Å². The van der Waals surface area contributed by atoms with E-state index >= 15 is 0 Å². The Morgan fingerprint density at radius 3 is 2.60 bits per heavy atom. The second-order valence-corrected chi connectivity index (χ2v) is 4.52. The maximum atomic E-state index is 9.28. The predicted octanol–water partition coefficient (Wildman–Crippen LogP) is 0.456. The van der Waals surface area contributed by atoms with Crippen molar-refractivity contribution < 1.29 is 4.74 Å². The van der Waals surface area contributed by atoms with Crippen LogP contribution in [0.2, 0.25) is 0 Å². The molecule has 1 N–H and O–H groups in total. The van der Waals surface area contributed by atoms with E-state index in [0.717, 1.165) is 25.9 Å². The molecule has 0 saturated heterocycles. The molecule has 4 heteroatoms. The summed E-state index contributed by atoms with van der Waals surface area (Å²) in [6, 6.07) is 2.40. The Labute approximate surface area is 92.2 Å². The quantitative estimate of drug-likeness (QED) is 0.664. The molecule has 1 aliphatic rings. The average Bonchev–Trinajstić information content (AvgIpc) is 2.99. The summed E-state index contributed by atoms with van der Waals surface area (Å²) in [7, 11) is 5.72. The lowest BCUT2D eigenvalue weighted by Crippen LogP contribution is -2.51. The number of nitrogens with one attached hydrogen (secondary N) is 1. The van der Waals surface area contributed by atoms with Crippen LogP contribution < -0.4 is 5.32 Å². The number of methoxy groups -OCH3 is 1. The van der Waals surface area contributed by atoms with Crippen molar-refractivity contribution in [3.8, 4) is 6.07 Å². The van der Waals surface area contributed by atoms with Crippen molar-refractivity contribution in [2.45, 2.75) is 18.4 Å². The molecule has 0 bridgehead atoms. The monoisotopic (exact) mass is 211 g/mol. The highest BCUT2D eigenvalue weighted by Gasteiger charge is 2.45. The molecule has 0 radical (unpaired) electrons. The fraction of sp³-hybridized carbons (Fsp3) is 0.909. The zero-order valence-electron chi connectivity index (χ0n) is 9.92. The molecule has 1 unspecified atom stereocenters. The van der Waals surface area contributed by atoms with Gasteiger partial charge in [0.2, 0.25) is 0 Å². The predicted molar refractivity (Wildman–Crippen MR) is 59.5 cm³/mol. The Kier molecular flexibility index (Phi) is 4.52. The molecule has 0 amide bonds. The van der Waals surface area contributed by atoms with Crippen LogP contribution in [0.25, 0.3) is 0 Å². The van der Waals surface area contributed by atoms with Gasteiger partial charge in [-0.2, -0.15) is 5.26 Å². The van der Waals surface area contributed by atoms with Gasteiger partial charge in [-0.25, -0.2) is 0 Å². The van der Waals surface area contributed by atoms with Gasteiger partial charge in [0.1, 0.15) is 5.54 Å². The first-order valence-corrected chi connectivity index (χ1v) is 5.44. The third-order valence-corrected chi connectivity index (χ3v) is 2.85. The normalized spacial score (nSPS) is 19.9. The number of likely N-dealkylation sites (N-methyl/N-ethyl adjacent to an activating group) is 1. The van der Waals surface area contributed by atoms with Gasteiger partial charge in [-0.05, 0) is 32.9 Å². The summed E-state index contributed by atoms with van der Waals surface area (Å²) in [6.45, 7) is 2.27. The average molecular weight is 211 g/mol. The van der Waals surface area contributed by atoms with Gasteiger partial charge in [-0.3, -0.25) is 5.32 Å². The number of hydrogen-bond acceptors (Lipinski definition) is 4. The van der Waals surface area contributed by atoms with E-state index in [1.165, 1.54) is 0 Å². The molecule has 0 aliphatic heterocycles. The molecular weight excluding hydrogens is 190 g/mol. The van der Waals surface area contributed by atoms with Gasteiger partial charge < -0.3 is 9.64 Å². The lowest BCUT2D eigenvalue weighted by atomic mass is 9.96. The van der Waals surface area contributed by atoms with Gasteiger partial charge in [0.05, 0.1) is 12.7 Å². The van der Waals surface area contributed by atoms with Crippen molar-refractivity contribution in [3.63, 3.8) is 0 Å². The summed E-state index contributed by atoms with van der Waals surface area (Å²) < 4.78 is 5.16. The molecule has 15 heavy (non-hydrogen) atoms. The molecule has 0 aromatic rings. The summed E-state index contributed by atoms with van der Waals surface area (Å²) in [4.78, 5) is 2.11. The number of ether oxygens (including phenoxy) is 1. The van der Waals surface area contributed by atoms with E-state index in [2.05, 4.69) is 16.3 Å². The Bertz CT molecular complexity index is 232. The van der Waals surface area contributed by atoms with Crippen molar-refractivity contribution in [1.29, 1.82) is 5.26 Å². The summed E-state index contributed by atoms with van der Waals surface area (Å²) in [5.41, 5.74) is -0.454. The van der Waals surface area contributed by atoms with Crippen LogP contribution in [0.4, 0.5) is 0 Å². The number of hydrogen-bond donors (Lipinski definition) is 1. The Hall–Kier alpha value is -0.630. The van der Waals surface area contributed by atoms with E-state index < -0.39 is 5.54 Å². The third kappa shape index (κ3) is 3.45. The van der Waals surface area contributed by atoms with Crippen LogP contribution in [0.3, 0.4) is 0 Å². The van der Waals surface area contributed by atoms with Crippen molar-refractivity contribution in [3.05, 3.63) is 0 Å². The fourth-order valence-electron chi connectivity index (χ4n) is 1.78. The van der Waals surface area contributed by atoms with Crippen LogP contribution in [0, 0.1) is 17.2 Å². The zero-order valence-corrected chi connectivity index (χ0v) is 9.92. The maximum Gasteiger partial charge on any atom is 0.133 e. The van der Waals surface area contributed by atoms with Gasteiger partial charge in [-0.1, -0.05) is 0 Å². The Morgan fingerprint density at radius 2 is 2.20 bits per heavy atom. The molecule has 0 aromatic carbocycles. The highest BCUT2D eigenvalue weighted by atomic mass is 16.5. The smallest absolute Gasteiger partial charge is 0.133 e. The molecular formula is C11H21N3O. The first-order chi connectivity index (χ1) is 7.14. The third-order valence-electron chi connectivity index (χ3n) is 2.85. The van der Waals surface area contributed by atoms with Gasteiger partial charge >= 0.3 is 0 Å². The van der Waals surface area contributed by atoms with Crippen molar-refractivity contribution in [2.75, 3.05) is 40.9 Å². The van der Waals surface area contributed by atoms with Crippen LogP contribution in [0.1, 0.15) is 12.8 Å². The fourth-order valence-corrected chi connectivity index (χ4v) is 1.78. The number of rotatable bonds is 7. The highest BCUT2D eigenvalue weighted by molar-refractivity contribution is 5.15. The number of nitrogens with zero attached hydrogens (tertiary/aromatic N) is 2.